The fourth-order valence-electron chi connectivity index (χ4n) is 0. The van der Waals surface area contributed by atoms with Gasteiger partial charge in [0.2, 0.25) is 0 Å². The van der Waals surface area contributed by atoms with Gasteiger partial charge in [0.05, 0.1) is 11.4 Å². The molecule has 0 radical (unpaired) electrons. The molecule has 0 aromatic heterocycles. The van der Waals surface area contributed by atoms with Crippen molar-refractivity contribution in [1.29, 1.82) is 0 Å². The summed E-state index contributed by atoms with van der Waals surface area (Å²) in [6.45, 7) is 0. The number of hydrogen-bond donors (Lipinski definition) is 1. The largest absolute Gasteiger partial charge is 1.00 e. The van der Waals surface area contributed by atoms with E-state index in [1.54, 1.807) is 0 Å². The molecule has 0 bridgehead atoms. The van der Waals surface area contributed by atoms with Crippen LogP contribution in [0, 0.1) is 0 Å². The molecule has 0 heterocycles. The Morgan fingerprint density at radius 1 is 1.83 bits per heavy atom. The van der Waals surface area contributed by atoms with Gasteiger partial charge < -0.3 is 10.5 Å². The van der Waals surface area contributed by atoms with Crippen LogP contribution in [0.5, 0.6) is 0 Å². The van der Waals surface area contributed by atoms with Crippen molar-refractivity contribution in [1.82, 2.24) is 0 Å². The first-order chi connectivity index (χ1) is 1.73. The summed E-state index contributed by atoms with van der Waals surface area (Å²) in [5.41, 5.74) is 0. The van der Waals surface area contributed by atoms with E-state index in [1.165, 1.54) is 0 Å². The Bertz CT molecular complexity index is 37.9. The summed E-state index contributed by atoms with van der Waals surface area (Å²) in [5.74, 6) is 0. The molecule has 0 saturated carbocycles. The molecule has 6 heteroatoms. The Morgan fingerprint density at radius 2 is 1.83 bits per heavy atom. The van der Waals surface area contributed by atoms with Crippen molar-refractivity contribution in [2.75, 3.05) is 0 Å². The Balaban J connectivity index is -0.0000000150. The summed E-state index contributed by atoms with van der Waals surface area (Å²) in [4.78, 5) is 0. The van der Waals surface area contributed by atoms with Crippen LogP contribution < -0.4 is 80.9 Å². The van der Waals surface area contributed by atoms with Gasteiger partial charge in [0.1, 0.15) is 0 Å². The van der Waals surface area contributed by atoms with Crippen molar-refractivity contribution >= 4 is 11.4 Å². The van der Waals surface area contributed by atoms with Gasteiger partial charge >= 0.3 is 80.9 Å². The molecule has 1 unspecified atom stereocenters. The minimum absolute atomic E-state index is 0. The third kappa shape index (κ3) is 29.8. The smallest absolute Gasteiger partial charge is 1.00 e. The van der Waals surface area contributed by atoms with Gasteiger partial charge in [-0.05, 0) is 0 Å². The summed E-state index contributed by atoms with van der Waals surface area (Å²) in [5, 5.41) is 0. The molecule has 0 aromatic rings. The van der Waals surface area contributed by atoms with Crippen molar-refractivity contribution in [3.63, 3.8) is 0 Å². The maximum atomic E-state index is 8.56. The topological polar surface area (TPSA) is 60.4 Å². The normalized spacial score (nSPS) is 10.3. The zero-order chi connectivity index (χ0) is 3.58. The second-order valence-corrected chi connectivity index (χ2v) is 0.651. The first kappa shape index (κ1) is 15.9. The van der Waals surface area contributed by atoms with E-state index < -0.39 is 11.4 Å². The predicted octanol–water partition coefficient (Wildman–Crippen LogP) is -6.54. The van der Waals surface area contributed by atoms with Gasteiger partial charge in [-0.25, -0.2) is 4.21 Å². The van der Waals surface area contributed by atoms with Crippen molar-refractivity contribution in [2.45, 2.75) is 0 Å². The third-order valence-corrected chi connectivity index (χ3v) is 0. The monoisotopic (exact) mass is 144 g/mol. The summed E-state index contributed by atoms with van der Waals surface area (Å²) in [7, 11) is 0. The SMILES string of the molecule is O=S([O-])O.[H-].[K+].[Na+]. The van der Waals surface area contributed by atoms with Crippen LogP contribution in [0.4, 0.5) is 0 Å². The molecule has 0 aliphatic rings. The fourth-order valence-corrected chi connectivity index (χ4v) is 0. The minimum atomic E-state index is -2.86. The standard InChI is InChI=1S/K.Na.H2O3S.H/c;;1-4(2)3;/h;;(H2,1,2,3);/q2*+1;;-1/p-1. The summed E-state index contributed by atoms with van der Waals surface area (Å²) >= 11 is -2.86. The van der Waals surface area contributed by atoms with E-state index in [9.17, 15) is 0 Å². The van der Waals surface area contributed by atoms with Crippen LogP contribution in [0.3, 0.4) is 0 Å². The van der Waals surface area contributed by atoms with Crippen molar-refractivity contribution in [3.05, 3.63) is 0 Å². The molecule has 0 aliphatic carbocycles. The molecular weight excluding hydrogens is 142 g/mol. The fraction of sp³-hybridized carbons (Fsp3) is 0. The van der Waals surface area contributed by atoms with Crippen LogP contribution in [0.15, 0.2) is 0 Å². The van der Waals surface area contributed by atoms with Crippen LogP contribution in [0.25, 0.3) is 0 Å². The molecule has 0 spiro atoms. The first-order valence-corrected chi connectivity index (χ1v) is 1.55. The first-order valence-electron chi connectivity index (χ1n) is 0.516. The van der Waals surface area contributed by atoms with Crippen molar-refractivity contribution in [2.24, 2.45) is 0 Å². The van der Waals surface area contributed by atoms with Gasteiger partial charge in [-0.15, -0.1) is 0 Å². The molecule has 0 aromatic carbocycles. The van der Waals surface area contributed by atoms with Crippen molar-refractivity contribution in [3.8, 4) is 0 Å². The minimum Gasteiger partial charge on any atom is -1.00 e. The Hall–Kier alpha value is 2.71. The van der Waals surface area contributed by atoms with E-state index in [2.05, 4.69) is 0 Å². The van der Waals surface area contributed by atoms with Crippen molar-refractivity contribution < 1.29 is 95.7 Å². The van der Waals surface area contributed by atoms with E-state index in [-0.39, 0.29) is 82.4 Å². The molecule has 1 N–H and O–H groups in total. The van der Waals surface area contributed by atoms with Crippen LogP contribution in [-0.2, 0) is 11.4 Å². The maximum absolute atomic E-state index is 8.56. The summed E-state index contributed by atoms with van der Waals surface area (Å²) < 4.78 is 24.1. The maximum Gasteiger partial charge on any atom is 1.00 e. The zero-order valence-electron chi connectivity index (χ0n) is 4.67. The molecule has 3 nitrogen and oxygen atoms in total. The molecule has 0 amide bonds. The van der Waals surface area contributed by atoms with E-state index >= 15 is 0 Å². The van der Waals surface area contributed by atoms with Gasteiger partial charge in [-0.2, -0.15) is 0 Å². The molecule has 0 rings (SSSR count). The van der Waals surface area contributed by atoms with E-state index in [0.29, 0.717) is 0 Å². The molecule has 1 atom stereocenters. The Kier molecular flexibility index (Phi) is 28.2. The predicted molar refractivity (Wildman–Crippen MR) is 12.7 cm³/mol. The van der Waals surface area contributed by atoms with Gasteiger partial charge in [0, 0.05) is 0 Å². The van der Waals surface area contributed by atoms with Crippen LogP contribution in [0.1, 0.15) is 1.43 Å². The molecule has 0 saturated heterocycles. The summed E-state index contributed by atoms with van der Waals surface area (Å²) in [6, 6.07) is 0. The van der Waals surface area contributed by atoms with E-state index in [4.69, 9.17) is 13.3 Å². The number of rotatable bonds is 0. The van der Waals surface area contributed by atoms with Gasteiger partial charge in [-0.1, -0.05) is 0 Å². The molecular formula is H2KNaO3S. The quantitative estimate of drug-likeness (QED) is 0.272. The average molecular weight is 144 g/mol. The zero-order valence-corrected chi connectivity index (χ0v) is 9.61. The van der Waals surface area contributed by atoms with Gasteiger partial charge in [0.15, 0.2) is 0 Å². The number of hydrogen-bond acceptors (Lipinski definition) is 2. The Morgan fingerprint density at radius 3 is 1.83 bits per heavy atom. The molecule has 0 fully saturated rings. The average Bonchev–Trinajstić information content (AvgIpc) is 0.811. The van der Waals surface area contributed by atoms with Crippen LogP contribution in [0.2, 0.25) is 0 Å². The molecule has 0 aliphatic heterocycles. The second-order valence-electron chi connectivity index (χ2n) is 0.217. The van der Waals surface area contributed by atoms with E-state index in [0.717, 1.165) is 0 Å². The van der Waals surface area contributed by atoms with Crippen LogP contribution in [-0.4, -0.2) is 13.3 Å². The summed E-state index contributed by atoms with van der Waals surface area (Å²) in [6.07, 6.45) is 0. The third-order valence-electron chi connectivity index (χ3n) is 0. The second kappa shape index (κ2) is 10.6. The Labute approximate surface area is 105 Å². The molecule has 28 valence electrons. The molecule has 6 heavy (non-hydrogen) atoms. The van der Waals surface area contributed by atoms with Crippen LogP contribution >= 0.6 is 0 Å². The van der Waals surface area contributed by atoms with Gasteiger partial charge in [-0.3, -0.25) is 0 Å². The van der Waals surface area contributed by atoms with Gasteiger partial charge in [0.25, 0.3) is 0 Å². The van der Waals surface area contributed by atoms with E-state index in [1.807, 2.05) is 0 Å².